The molecule has 0 aromatic heterocycles. The number of nitrogens with one attached hydrogen (secondary N) is 1. The van der Waals surface area contributed by atoms with E-state index >= 15 is 0 Å². The highest BCUT2D eigenvalue weighted by Crippen LogP contribution is 2.07. The molecule has 0 unspecified atom stereocenters. The van der Waals surface area contributed by atoms with E-state index in [2.05, 4.69) is 36.2 Å². The highest BCUT2D eigenvalue weighted by Gasteiger charge is 2.25. The molecule has 4 heteroatoms. The Kier molecular flexibility index (Phi) is 5.15. The lowest BCUT2D eigenvalue weighted by Crippen LogP contribution is -2.57. The summed E-state index contributed by atoms with van der Waals surface area (Å²) in [5.41, 5.74) is 1.24. The molecule has 1 N–H and O–H groups in total. The van der Waals surface area contributed by atoms with Crippen LogP contribution < -0.4 is 5.32 Å². The Morgan fingerprint density at radius 3 is 2.45 bits per heavy atom. The molecular weight excluding hydrogens is 250 g/mol. The highest BCUT2D eigenvalue weighted by atomic mass is 16.2. The van der Waals surface area contributed by atoms with Gasteiger partial charge in [-0.15, -0.1) is 0 Å². The smallest absolute Gasteiger partial charge is 0.236 e. The maximum absolute atomic E-state index is 12.3. The van der Waals surface area contributed by atoms with Gasteiger partial charge in [0.25, 0.3) is 0 Å². The average molecular weight is 275 g/mol. The van der Waals surface area contributed by atoms with Crippen LogP contribution >= 0.6 is 0 Å². The average Bonchev–Trinajstić information content (AvgIpc) is 2.38. The van der Waals surface area contributed by atoms with Gasteiger partial charge in [0.1, 0.15) is 0 Å². The van der Waals surface area contributed by atoms with Crippen molar-refractivity contribution < 1.29 is 4.79 Å². The van der Waals surface area contributed by atoms with Crippen molar-refractivity contribution in [2.75, 3.05) is 26.7 Å². The molecule has 0 spiro atoms. The molecule has 1 aromatic carbocycles. The minimum absolute atomic E-state index is 0.226. The highest BCUT2D eigenvalue weighted by molar-refractivity contribution is 5.78. The fraction of sp³-hybridized carbons (Fsp3) is 0.562. The van der Waals surface area contributed by atoms with E-state index in [-0.39, 0.29) is 5.91 Å². The molecule has 0 bridgehead atoms. The van der Waals surface area contributed by atoms with Gasteiger partial charge in [0.15, 0.2) is 0 Å². The monoisotopic (exact) mass is 275 g/mol. The minimum atomic E-state index is 0.226. The third-order valence-electron chi connectivity index (χ3n) is 3.61. The molecule has 0 aliphatic carbocycles. The molecule has 2 atom stereocenters. The maximum atomic E-state index is 12.3. The van der Waals surface area contributed by atoms with Crippen LogP contribution in [0.15, 0.2) is 30.3 Å². The fourth-order valence-electron chi connectivity index (χ4n) is 2.81. The molecule has 1 aliphatic heterocycles. The molecule has 0 saturated carbocycles. The fourth-order valence-corrected chi connectivity index (χ4v) is 2.81. The van der Waals surface area contributed by atoms with Crippen LogP contribution in [0.4, 0.5) is 0 Å². The summed E-state index contributed by atoms with van der Waals surface area (Å²) in [4.78, 5) is 16.4. The number of amides is 1. The molecule has 20 heavy (non-hydrogen) atoms. The first-order chi connectivity index (χ1) is 9.54. The zero-order valence-electron chi connectivity index (χ0n) is 12.7. The van der Waals surface area contributed by atoms with E-state index in [0.29, 0.717) is 18.6 Å². The molecule has 0 radical (unpaired) electrons. The molecule has 1 amide bonds. The van der Waals surface area contributed by atoms with E-state index in [1.165, 1.54) is 5.56 Å². The van der Waals surface area contributed by atoms with E-state index in [4.69, 9.17) is 0 Å². The summed E-state index contributed by atoms with van der Waals surface area (Å²) in [6, 6.07) is 11.0. The molecule has 1 heterocycles. The molecule has 1 saturated heterocycles. The number of hydrogen-bond donors (Lipinski definition) is 1. The van der Waals surface area contributed by atoms with Crippen LogP contribution in [-0.4, -0.2) is 54.5 Å². The van der Waals surface area contributed by atoms with Crippen molar-refractivity contribution >= 4 is 5.91 Å². The number of piperazine rings is 1. The Balaban J connectivity index is 1.84. The zero-order chi connectivity index (χ0) is 14.5. The molecule has 110 valence electrons. The Labute approximate surface area is 121 Å². The number of rotatable bonds is 4. The van der Waals surface area contributed by atoms with Crippen molar-refractivity contribution in [2.24, 2.45) is 0 Å². The second kappa shape index (κ2) is 6.86. The lowest BCUT2D eigenvalue weighted by atomic mass is 10.1. The Morgan fingerprint density at radius 2 is 1.85 bits per heavy atom. The van der Waals surface area contributed by atoms with Gasteiger partial charge in [-0.2, -0.15) is 0 Å². The predicted octanol–water partition coefficient (Wildman–Crippen LogP) is 1.33. The van der Waals surface area contributed by atoms with Gasteiger partial charge in [-0.25, -0.2) is 0 Å². The van der Waals surface area contributed by atoms with E-state index in [1.807, 2.05) is 30.1 Å². The maximum Gasteiger partial charge on any atom is 0.236 e. The molecule has 4 nitrogen and oxygen atoms in total. The van der Waals surface area contributed by atoms with Gasteiger partial charge in [-0.05, 0) is 26.5 Å². The number of carbonyl (C=O) groups is 1. The van der Waals surface area contributed by atoms with Gasteiger partial charge < -0.3 is 10.2 Å². The lowest BCUT2D eigenvalue weighted by Gasteiger charge is -2.36. The van der Waals surface area contributed by atoms with Crippen LogP contribution in [0.2, 0.25) is 0 Å². The van der Waals surface area contributed by atoms with Gasteiger partial charge in [0, 0.05) is 31.7 Å². The van der Waals surface area contributed by atoms with Crippen molar-refractivity contribution in [2.45, 2.75) is 32.5 Å². The van der Waals surface area contributed by atoms with Crippen molar-refractivity contribution in [1.82, 2.24) is 15.1 Å². The largest absolute Gasteiger partial charge is 0.338 e. The number of benzene rings is 1. The number of likely N-dealkylation sites (N-methyl/N-ethyl adjacent to an activating group) is 1. The molecule has 1 aromatic rings. The van der Waals surface area contributed by atoms with Crippen LogP contribution in [0.25, 0.3) is 0 Å². The number of hydrogen-bond acceptors (Lipinski definition) is 3. The van der Waals surface area contributed by atoms with Crippen molar-refractivity contribution in [3.05, 3.63) is 35.9 Å². The molecule has 2 rings (SSSR count). The van der Waals surface area contributed by atoms with Crippen LogP contribution in [0.3, 0.4) is 0 Å². The standard InChI is InChI=1S/C16H25N3O/c1-13-9-19(10-14(2)17-13)16(20)12-18(3)11-15-7-5-4-6-8-15/h4-8,13-14,17H,9-12H2,1-3H3/t13-,14+. The molecular formula is C16H25N3O. The second-order valence-electron chi connectivity index (χ2n) is 5.93. The van der Waals surface area contributed by atoms with Gasteiger partial charge in [0.05, 0.1) is 6.54 Å². The van der Waals surface area contributed by atoms with E-state index < -0.39 is 0 Å². The van der Waals surface area contributed by atoms with Crippen LogP contribution in [0, 0.1) is 0 Å². The van der Waals surface area contributed by atoms with Gasteiger partial charge >= 0.3 is 0 Å². The lowest BCUT2D eigenvalue weighted by molar-refractivity contribution is -0.134. The first-order valence-corrected chi connectivity index (χ1v) is 7.31. The van der Waals surface area contributed by atoms with Crippen molar-refractivity contribution in [3.63, 3.8) is 0 Å². The van der Waals surface area contributed by atoms with E-state index in [9.17, 15) is 4.79 Å². The Bertz CT molecular complexity index is 425. The van der Waals surface area contributed by atoms with E-state index in [0.717, 1.165) is 19.6 Å². The summed E-state index contributed by atoms with van der Waals surface area (Å²) in [6.45, 7) is 7.16. The third kappa shape index (κ3) is 4.32. The first kappa shape index (κ1) is 15.0. The summed E-state index contributed by atoms with van der Waals surface area (Å²) >= 11 is 0. The topological polar surface area (TPSA) is 35.6 Å². The van der Waals surface area contributed by atoms with Gasteiger partial charge in [-0.3, -0.25) is 9.69 Å². The number of nitrogens with zero attached hydrogens (tertiary/aromatic N) is 2. The molecule has 1 fully saturated rings. The third-order valence-corrected chi connectivity index (χ3v) is 3.61. The SMILES string of the molecule is C[C@@H]1CN(C(=O)CN(C)Cc2ccccc2)C[C@H](C)N1. The summed E-state index contributed by atoms with van der Waals surface area (Å²) in [6.07, 6.45) is 0. The predicted molar refractivity (Wildman–Crippen MR) is 81.4 cm³/mol. The summed E-state index contributed by atoms with van der Waals surface area (Å²) in [7, 11) is 2.00. The first-order valence-electron chi connectivity index (χ1n) is 7.31. The summed E-state index contributed by atoms with van der Waals surface area (Å²) in [5, 5.41) is 3.45. The zero-order valence-corrected chi connectivity index (χ0v) is 12.7. The summed E-state index contributed by atoms with van der Waals surface area (Å²) < 4.78 is 0. The Hall–Kier alpha value is -1.39. The van der Waals surface area contributed by atoms with Crippen LogP contribution in [0.1, 0.15) is 19.4 Å². The van der Waals surface area contributed by atoms with Crippen LogP contribution in [-0.2, 0) is 11.3 Å². The molecule has 1 aliphatic rings. The van der Waals surface area contributed by atoms with E-state index in [1.54, 1.807) is 0 Å². The normalized spacial score (nSPS) is 23.1. The number of carbonyl (C=O) groups excluding carboxylic acids is 1. The Morgan fingerprint density at radius 1 is 1.25 bits per heavy atom. The quantitative estimate of drug-likeness (QED) is 0.900. The van der Waals surface area contributed by atoms with Crippen LogP contribution in [0.5, 0.6) is 0 Å². The second-order valence-corrected chi connectivity index (χ2v) is 5.93. The summed E-state index contributed by atoms with van der Waals surface area (Å²) in [5.74, 6) is 0.226. The van der Waals surface area contributed by atoms with Gasteiger partial charge in [0.2, 0.25) is 5.91 Å². The van der Waals surface area contributed by atoms with Crippen molar-refractivity contribution in [1.29, 1.82) is 0 Å². The van der Waals surface area contributed by atoms with Crippen molar-refractivity contribution in [3.8, 4) is 0 Å². The van der Waals surface area contributed by atoms with Gasteiger partial charge in [-0.1, -0.05) is 30.3 Å². The minimum Gasteiger partial charge on any atom is -0.338 e.